The molecular weight excluding hydrogens is 377 g/mol. The van der Waals surface area contributed by atoms with Crippen LogP contribution in [0.4, 0.5) is 18.9 Å². The molecule has 0 aliphatic rings. The quantitative estimate of drug-likeness (QED) is 0.758. The van der Waals surface area contributed by atoms with Gasteiger partial charge in [0.05, 0.1) is 24.5 Å². The molecule has 0 aromatic carbocycles. The first kappa shape index (κ1) is 19.6. The number of pyridine rings is 1. The van der Waals surface area contributed by atoms with Gasteiger partial charge in [0.25, 0.3) is 0 Å². The molecule has 0 aliphatic heterocycles. The molecule has 1 amide bonds. The summed E-state index contributed by atoms with van der Waals surface area (Å²) < 4.78 is 38.7. The van der Waals surface area contributed by atoms with Crippen LogP contribution in [0.25, 0.3) is 5.69 Å². The maximum atomic E-state index is 12.4. The summed E-state index contributed by atoms with van der Waals surface area (Å²) in [6.45, 7) is 1.94. The van der Waals surface area contributed by atoms with Crippen LogP contribution < -0.4 is 4.90 Å². The normalized spacial score (nSPS) is 12.9. The molecule has 25 heavy (non-hydrogen) atoms. The van der Waals surface area contributed by atoms with Gasteiger partial charge in [0, 0.05) is 24.4 Å². The van der Waals surface area contributed by atoms with Crippen molar-refractivity contribution in [2.45, 2.75) is 31.2 Å². The summed E-state index contributed by atoms with van der Waals surface area (Å²) in [5, 5.41) is 3.08. The molecular formula is C15H16ClF3N4OS. The molecule has 1 unspecified atom stereocenters. The lowest BCUT2D eigenvalue weighted by atomic mass is 10.2. The minimum atomic E-state index is -4.37. The van der Waals surface area contributed by atoms with Gasteiger partial charge in [-0.15, -0.1) is 0 Å². The van der Waals surface area contributed by atoms with Crippen LogP contribution in [0.2, 0.25) is 5.15 Å². The van der Waals surface area contributed by atoms with Gasteiger partial charge < -0.3 is 4.90 Å². The number of carbonyl (C=O) groups is 1. The number of nitrogens with zero attached hydrogens (tertiary/aromatic N) is 4. The molecule has 2 aromatic rings. The fourth-order valence-electron chi connectivity index (χ4n) is 2.28. The van der Waals surface area contributed by atoms with E-state index in [1.54, 1.807) is 31.5 Å². The Bertz CT molecular complexity index is 723. The SMILES string of the molecule is CCN(C(=O)CC(S)CC(F)(F)F)c1cn(-c2cccnc2)nc1Cl. The number of hydrogen-bond acceptors (Lipinski definition) is 4. The topological polar surface area (TPSA) is 51.0 Å². The van der Waals surface area contributed by atoms with Gasteiger partial charge in [-0.2, -0.15) is 30.9 Å². The zero-order valence-electron chi connectivity index (χ0n) is 13.2. The van der Waals surface area contributed by atoms with Crippen molar-refractivity contribution < 1.29 is 18.0 Å². The van der Waals surface area contributed by atoms with Crippen LogP contribution in [-0.2, 0) is 4.79 Å². The van der Waals surface area contributed by atoms with Crippen LogP contribution in [-0.4, -0.2) is 38.6 Å². The van der Waals surface area contributed by atoms with E-state index in [0.29, 0.717) is 11.4 Å². The van der Waals surface area contributed by atoms with Crippen LogP contribution in [0.1, 0.15) is 19.8 Å². The van der Waals surface area contributed by atoms with Gasteiger partial charge in [-0.05, 0) is 19.1 Å². The van der Waals surface area contributed by atoms with Crippen molar-refractivity contribution in [3.8, 4) is 5.69 Å². The summed E-state index contributed by atoms with van der Waals surface area (Å²) >= 11 is 9.98. The van der Waals surface area contributed by atoms with Crippen molar-refractivity contribution in [1.82, 2.24) is 14.8 Å². The molecule has 0 bridgehead atoms. The minimum absolute atomic E-state index is 0.0746. The lowest BCUT2D eigenvalue weighted by Gasteiger charge is -2.21. The van der Waals surface area contributed by atoms with Crippen LogP contribution in [0, 0.1) is 0 Å². The van der Waals surface area contributed by atoms with Gasteiger partial charge in [-0.25, -0.2) is 4.68 Å². The lowest BCUT2D eigenvalue weighted by Crippen LogP contribution is -2.33. The van der Waals surface area contributed by atoms with Gasteiger partial charge in [0.2, 0.25) is 5.91 Å². The van der Waals surface area contributed by atoms with Crippen LogP contribution >= 0.6 is 24.2 Å². The van der Waals surface area contributed by atoms with E-state index in [-0.39, 0.29) is 18.1 Å². The molecule has 10 heteroatoms. The zero-order valence-corrected chi connectivity index (χ0v) is 14.9. The second-order valence-corrected chi connectivity index (χ2v) is 6.36. The fourth-order valence-corrected chi connectivity index (χ4v) is 2.87. The molecule has 0 radical (unpaired) electrons. The first-order valence-electron chi connectivity index (χ1n) is 7.42. The molecule has 2 aromatic heterocycles. The number of hydrogen-bond donors (Lipinski definition) is 1. The standard InChI is InChI=1S/C15H16ClF3N4OS/c1-2-22(13(24)6-11(25)7-15(17,18)19)12-9-23(21-14(12)16)10-4-3-5-20-8-10/h3-5,8-9,11,25H,2,6-7H2,1H3. The second-order valence-electron chi connectivity index (χ2n) is 5.28. The smallest absolute Gasteiger partial charge is 0.308 e. The Hall–Kier alpha value is -1.74. The summed E-state index contributed by atoms with van der Waals surface area (Å²) in [5.74, 6) is -0.501. The van der Waals surface area contributed by atoms with Crippen LogP contribution in [0.15, 0.2) is 30.7 Å². The van der Waals surface area contributed by atoms with E-state index in [9.17, 15) is 18.0 Å². The van der Waals surface area contributed by atoms with E-state index in [0.717, 1.165) is 0 Å². The minimum Gasteiger partial charge on any atom is -0.308 e. The zero-order chi connectivity index (χ0) is 18.6. The molecule has 0 spiro atoms. The van der Waals surface area contributed by atoms with Gasteiger partial charge in [0.15, 0.2) is 5.15 Å². The maximum absolute atomic E-state index is 12.4. The second kappa shape index (κ2) is 8.09. The highest BCUT2D eigenvalue weighted by Crippen LogP contribution is 2.29. The highest BCUT2D eigenvalue weighted by Gasteiger charge is 2.32. The molecule has 1 atom stereocenters. The predicted molar refractivity (Wildman–Crippen MR) is 92.5 cm³/mol. The van der Waals surface area contributed by atoms with Crippen molar-refractivity contribution in [2.75, 3.05) is 11.4 Å². The molecule has 0 saturated carbocycles. The van der Waals surface area contributed by atoms with E-state index in [1.807, 2.05) is 0 Å². The average molecular weight is 393 g/mol. The van der Waals surface area contributed by atoms with Gasteiger partial charge in [-0.3, -0.25) is 9.78 Å². The molecule has 0 saturated heterocycles. The number of amides is 1. The number of aromatic nitrogens is 3. The fraction of sp³-hybridized carbons (Fsp3) is 0.400. The first-order valence-corrected chi connectivity index (χ1v) is 8.31. The third-order valence-corrected chi connectivity index (χ3v) is 3.98. The molecule has 0 aliphatic carbocycles. The lowest BCUT2D eigenvalue weighted by molar-refractivity contribution is -0.135. The number of halogens is 4. The van der Waals surface area contributed by atoms with Crippen molar-refractivity contribution in [3.05, 3.63) is 35.9 Å². The molecule has 5 nitrogen and oxygen atoms in total. The van der Waals surface area contributed by atoms with Crippen molar-refractivity contribution in [2.24, 2.45) is 0 Å². The summed E-state index contributed by atoms with van der Waals surface area (Å²) in [7, 11) is 0. The Morgan fingerprint density at radius 1 is 1.48 bits per heavy atom. The van der Waals surface area contributed by atoms with Crippen molar-refractivity contribution in [3.63, 3.8) is 0 Å². The Balaban J connectivity index is 2.17. The van der Waals surface area contributed by atoms with Gasteiger partial charge >= 0.3 is 6.18 Å². The third-order valence-electron chi connectivity index (χ3n) is 3.35. The highest BCUT2D eigenvalue weighted by molar-refractivity contribution is 7.81. The Morgan fingerprint density at radius 3 is 2.76 bits per heavy atom. The molecule has 2 heterocycles. The molecule has 136 valence electrons. The number of thiol groups is 1. The van der Waals surface area contributed by atoms with Crippen molar-refractivity contribution in [1.29, 1.82) is 0 Å². The number of carbonyl (C=O) groups excluding carboxylic acids is 1. The monoisotopic (exact) mass is 392 g/mol. The third kappa shape index (κ3) is 5.37. The summed E-state index contributed by atoms with van der Waals surface area (Å²) in [5.41, 5.74) is 0.967. The van der Waals surface area contributed by atoms with Gasteiger partial charge in [-0.1, -0.05) is 11.6 Å². The van der Waals surface area contributed by atoms with E-state index in [2.05, 4.69) is 22.7 Å². The summed E-state index contributed by atoms with van der Waals surface area (Å²) in [6, 6.07) is 3.47. The number of rotatable bonds is 6. The summed E-state index contributed by atoms with van der Waals surface area (Å²) in [4.78, 5) is 17.6. The molecule has 2 rings (SSSR count). The van der Waals surface area contributed by atoms with E-state index in [4.69, 9.17) is 11.6 Å². The van der Waals surface area contributed by atoms with Crippen molar-refractivity contribution >= 4 is 35.8 Å². The van der Waals surface area contributed by atoms with Crippen LogP contribution in [0.3, 0.4) is 0 Å². The first-order chi connectivity index (χ1) is 11.7. The predicted octanol–water partition coefficient (Wildman–Crippen LogP) is 3.91. The van der Waals surface area contributed by atoms with E-state index >= 15 is 0 Å². The van der Waals surface area contributed by atoms with E-state index in [1.165, 1.54) is 15.8 Å². The maximum Gasteiger partial charge on any atom is 0.390 e. The average Bonchev–Trinajstić information content (AvgIpc) is 2.89. The Morgan fingerprint density at radius 2 is 2.20 bits per heavy atom. The molecule has 0 N–H and O–H groups in total. The number of alkyl halides is 3. The summed E-state index contributed by atoms with van der Waals surface area (Å²) in [6.07, 6.45) is -1.15. The highest BCUT2D eigenvalue weighted by atomic mass is 35.5. The Labute approximate surface area is 153 Å². The van der Waals surface area contributed by atoms with Gasteiger partial charge in [0.1, 0.15) is 5.69 Å². The van der Waals surface area contributed by atoms with E-state index < -0.39 is 23.8 Å². The largest absolute Gasteiger partial charge is 0.390 e. The Kier molecular flexibility index (Phi) is 6.34. The van der Waals surface area contributed by atoms with Crippen LogP contribution in [0.5, 0.6) is 0 Å². The molecule has 0 fully saturated rings. The number of anilines is 1.